The molecule has 0 spiro atoms. The molecule has 0 aliphatic rings. The molecule has 0 aliphatic carbocycles. The summed E-state index contributed by atoms with van der Waals surface area (Å²) in [6, 6.07) is 0. The Morgan fingerprint density at radius 2 is 0.600 bits per heavy atom. The van der Waals surface area contributed by atoms with Crippen molar-refractivity contribution in [1.29, 1.82) is 0 Å². The van der Waals surface area contributed by atoms with Crippen LogP contribution in [0.25, 0.3) is 0 Å². The summed E-state index contributed by atoms with van der Waals surface area (Å²) in [5, 5.41) is 0. The topological polar surface area (TPSA) is 78.9 Å². The maximum atomic E-state index is 12.8. The van der Waals surface area contributed by atoms with Gasteiger partial charge in [0.05, 0.1) is 0 Å². The number of carbonyl (C=O) groups is 3. The Balaban J connectivity index is 4.47. The Morgan fingerprint density at radius 3 is 0.954 bits per heavy atom. The molecule has 370 valence electrons. The molecule has 0 aromatic rings. The summed E-state index contributed by atoms with van der Waals surface area (Å²) in [5.74, 6) is -0.942. The number of esters is 3. The molecule has 0 heterocycles. The Kier molecular flexibility index (Phi) is 50.0. The molecule has 0 bridgehead atoms. The molecular weight excluding hydrogens is 805 g/mol. The summed E-state index contributed by atoms with van der Waals surface area (Å²) in [4.78, 5) is 38.1. The summed E-state index contributed by atoms with van der Waals surface area (Å²) < 4.78 is 16.8. The minimum atomic E-state index is -0.798. The third kappa shape index (κ3) is 51.2. The second kappa shape index (κ2) is 52.9. The lowest BCUT2D eigenvalue weighted by Crippen LogP contribution is -2.30. The lowest BCUT2D eigenvalue weighted by Gasteiger charge is -2.18. The zero-order valence-electron chi connectivity index (χ0n) is 42.2. The molecule has 0 unspecified atom stereocenters. The van der Waals surface area contributed by atoms with Crippen molar-refractivity contribution in [2.45, 2.75) is 245 Å². The first kappa shape index (κ1) is 61.3. The summed E-state index contributed by atoms with van der Waals surface area (Å²) >= 11 is 0. The van der Waals surface area contributed by atoms with Gasteiger partial charge in [0.1, 0.15) is 13.2 Å². The lowest BCUT2D eigenvalue weighted by molar-refractivity contribution is -0.167. The molecular formula is C59H98O6. The highest BCUT2D eigenvalue weighted by molar-refractivity contribution is 5.71. The molecule has 6 heteroatoms. The zero-order chi connectivity index (χ0) is 47.2. The second-order valence-corrected chi connectivity index (χ2v) is 17.4. The lowest BCUT2D eigenvalue weighted by atomic mass is 10.1. The van der Waals surface area contributed by atoms with E-state index < -0.39 is 6.10 Å². The van der Waals surface area contributed by atoms with Crippen molar-refractivity contribution in [2.24, 2.45) is 0 Å². The molecule has 6 nitrogen and oxygen atoms in total. The summed E-state index contributed by atoms with van der Waals surface area (Å²) in [6.45, 7) is 6.36. The monoisotopic (exact) mass is 903 g/mol. The molecule has 0 fully saturated rings. The van der Waals surface area contributed by atoms with E-state index in [9.17, 15) is 14.4 Å². The van der Waals surface area contributed by atoms with E-state index in [1.807, 2.05) is 0 Å². The molecule has 0 rings (SSSR count). The normalized spacial score (nSPS) is 12.8. The van der Waals surface area contributed by atoms with Gasteiger partial charge in [-0.2, -0.15) is 0 Å². The third-order valence-electron chi connectivity index (χ3n) is 11.1. The standard InChI is InChI=1S/C59H98O6/c1-4-7-10-13-16-19-22-25-28-29-32-34-37-40-43-46-49-52-58(61)64-55-56(65-59(62)53-50-47-44-41-38-35-31-27-24-21-18-15-12-9-6-3)54-63-57(60)51-48-45-42-39-36-33-30-26-23-20-17-14-11-8-5-2/h7-8,10-11,16-17,19-21,24-26,28,30,32,34,56H,4-6,9,12-15,18,22-23,27,29,31,33,35-55H2,1-3H3/b10-7-,11-8-,19-16-,20-17-,24-21-,28-25-,30-26-,34-32-/t56-/m0/s1. The fourth-order valence-electron chi connectivity index (χ4n) is 7.09. The Hall–Kier alpha value is -3.67. The van der Waals surface area contributed by atoms with E-state index in [1.165, 1.54) is 64.2 Å². The molecule has 65 heavy (non-hydrogen) atoms. The zero-order valence-corrected chi connectivity index (χ0v) is 42.2. The van der Waals surface area contributed by atoms with Gasteiger partial charge >= 0.3 is 17.9 Å². The van der Waals surface area contributed by atoms with E-state index >= 15 is 0 Å². The van der Waals surface area contributed by atoms with Crippen LogP contribution in [0, 0.1) is 0 Å². The van der Waals surface area contributed by atoms with Crippen LogP contribution in [-0.4, -0.2) is 37.2 Å². The van der Waals surface area contributed by atoms with E-state index in [0.717, 1.165) is 135 Å². The average Bonchev–Trinajstić information content (AvgIpc) is 3.30. The fraction of sp³-hybridized carbons (Fsp3) is 0.678. The van der Waals surface area contributed by atoms with Gasteiger partial charge in [-0.25, -0.2) is 0 Å². The van der Waals surface area contributed by atoms with Gasteiger partial charge in [-0.1, -0.05) is 201 Å². The van der Waals surface area contributed by atoms with Crippen molar-refractivity contribution in [1.82, 2.24) is 0 Å². The van der Waals surface area contributed by atoms with E-state index in [0.29, 0.717) is 19.3 Å². The highest BCUT2D eigenvalue weighted by Gasteiger charge is 2.19. The Bertz CT molecular complexity index is 1310. The van der Waals surface area contributed by atoms with Crippen molar-refractivity contribution in [3.8, 4) is 0 Å². The summed E-state index contributed by atoms with van der Waals surface area (Å²) in [6.07, 6.45) is 69.6. The van der Waals surface area contributed by atoms with E-state index in [2.05, 4.69) is 118 Å². The van der Waals surface area contributed by atoms with Crippen molar-refractivity contribution in [2.75, 3.05) is 13.2 Å². The van der Waals surface area contributed by atoms with Crippen LogP contribution in [0.15, 0.2) is 97.2 Å². The molecule has 0 saturated carbocycles. The van der Waals surface area contributed by atoms with E-state index in [-0.39, 0.29) is 31.1 Å². The maximum absolute atomic E-state index is 12.8. The SMILES string of the molecule is CC/C=C\C/C=C\C/C=C\C/C=C\CCCCCCC(=O)OC[C@H](COC(=O)CCCCCCC/C=C\C/C=C\C/C=C\CC)OC(=O)CCCCCCCCC/C=C\CCCCCC. The predicted octanol–water partition coefficient (Wildman–Crippen LogP) is 17.8. The molecule has 0 amide bonds. The van der Waals surface area contributed by atoms with Crippen LogP contribution in [0.4, 0.5) is 0 Å². The van der Waals surface area contributed by atoms with Gasteiger partial charge in [0, 0.05) is 19.3 Å². The Labute approximate surface area is 400 Å². The van der Waals surface area contributed by atoms with Crippen LogP contribution in [0.1, 0.15) is 239 Å². The number of carbonyl (C=O) groups excluding carboxylic acids is 3. The van der Waals surface area contributed by atoms with E-state index in [1.54, 1.807) is 0 Å². The van der Waals surface area contributed by atoms with Crippen molar-refractivity contribution < 1.29 is 28.6 Å². The molecule has 0 N–H and O–H groups in total. The molecule has 0 saturated heterocycles. The first-order valence-electron chi connectivity index (χ1n) is 26.7. The van der Waals surface area contributed by atoms with Gasteiger partial charge in [-0.3, -0.25) is 14.4 Å². The van der Waals surface area contributed by atoms with Gasteiger partial charge in [-0.05, 0) is 116 Å². The number of unbranched alkanes of at least 4 members (excludes halogenated alkanes) is 20. The van der Waals surface area contributed by atoms with Crippen molar-refractivity contribution in [3.05, 3.63) is 97.2 Å². The number of hydrogen-bond acceptors (Lipinski definition) is 6. The molecule has 1 atom stereocenters. The Morgan fingerprint density at radius 1 is 0.323 bits per heavy atom. The van der Waals surface area contributed by atoms with Crippen LogP contribution in [-0.2, 0) is 28.6 Å². The molecule has 0 aromatic heterocycles. The van der Waals surface area contributed by atoms with Crippen LogP contribution < -0.4 is 0 Å². The molecule has 0 aromatic carbocycles. The first-order chi connectivity index (χ1) is 32.0. The number of ether oxygens (including phenoxy) is 3. The van der Waals surface area contributed by atoms with Crippen LogP contribution >= 0.6 is 0 Å². The predicted molar refractivity (Wildman–Crippen MR) is 279 cm³/mol. The van der Waals surface area contributed by atoms with Gasteiger partial charge in [0.25, 0.3) is 0 Å². The highest BCUT2D eigenvalue weighted by atomic mass is 16.6. The fourth-order valence-corrected chi connectivity index (χ4v) is 7.09. The third-order valence-corrected chi connectivity index (χ3v) is 11.1. The van der Waals surface area contributed by atoms with Crippen molar-refractivity contribution >= 4 is 17.9 Å². The van der Waals surface area contributed by atoms with Gasteiger partial charge in [0.2, 0.25) is 0 Å². The smallest absolute Gasteiger partial charge is 0.306 e. The number of allylic oxidation sites excluding steroid dienone is 16. The maximum Gasteiger partial charge on any atom is 0.306 e. The largest absolute Gasteiger partial charge is 0.462 e. The number of rotatable bonds is 47. The highest BCUT2D eigenvalue weighted by Crippen LogP contribution is 2.14. The number of hydrogen-bond donors (Lipinski definition) is 0. The summed E-state index contributed by atoms with van der Waals surface area (Å²) in [7, 11) is 0. The summed E-state index contributed by atoms with van der Waals surface area (Å²) in [5.41, 5.74) is 0. The van der Waals surface area contributed by atoms with Gasteiger partial charge < -0.3 is 14.2 Å². The molecule has 0 aliphatic heterocycles. The molecule has 0 radical (unpaired) electrons. The minimum absolute atomic E-state index is 0.0971. The minimum Gasteiger partial charge on any atom is -0.462 e. The van der Waals surface area contributed by atoms with Crippen LogP contribution in [0.2, 0.25) is 0 Å². The van der Waals surface area contributed by atoms with Gasteiger partial charge in [0.15, 0.2) is 6.10 Å². The van der Waals surface area contributed by atoms with Crippen LogP contribution in [0.5, 0.6) is 0 Å². The van der Waals surface area contributed by atoms with Gasteiger partial charge in [-0.15, -0.1) is 0 Å². The second-order valence-electron chi connectivity index (χ2n) is 17.4. The quantitative estimate of drug-likeness (QED) is 0.0262. The van der Waals surface area contributed by atoms with Crippen molar-refractivity contribution in [3.63, 3.8) is 0 Å². The van der Waals surface area contributed by atoms with Crippen LogP contribution in [0.3, 0.4) is 0 Å². The average molecular weight is 903 g/mol. The van der Waals surface area contributed by atoms with E-state index in [4.69, 9.17) is 14.2 Å². The first-order valence-corrected chi connectivity index (χ1v) is 26.7.